The zero-order valence-electron chi connectivity index (χ0n) is 21.2. The number of amides is 2. The highest BCUT2D eigenvalue weighted by atomic mass is 79.9. The number of hydrogen-bond donors (Lipinski definition) is 0. The van der Waals surface area contributed by atoms with E-state index in [0.717, 1.165) is 70.2 Å². The molecule has 0 spiro atoms. The van der Waals surface area contributed by atoms with Crippen molar-refractivity contribution in [2.45, 2.75) is 65.2 Å². The second kappa shape index (κ2) is 10.8. The van der Waals surface area contributed by atoms with Crippen LogP contribution in [0.25, 0.3) is 0 Å². The Labute approximate surface area is 231 Å². The van der Waals surface area contributed by atoms with E-state index in [2.05, 4.69) is 51.8 Å². The summed E-state index contributed by atoms with van der Waals surface area (Å²) in [7, 11) is 0. The molecule has 2 fully saturated rings. The van der Waals surface area contributed by atoms with Crippen molar-refractivity contribution in [1.82, 2.24) is 0 Å². The van der Waals surface area contributed by atoms with E-state index in [1.165, 1.54) is 36.8 Å². The van der Waals surface area contributed by atoms with Gasteiger partial charge in [0, 0.05) is 44.9 Å². The van der Waals surface area contributed by atoms with Gasteiger partial charge >= 0.3 is 0 Å². The molecule has 6 heteroatoms. The van der Waals surface area contributed by atoms with Gasteiger partial charge in [-0.15, -0.1) is 0 Å². The van der Waals surface area contributed by atoms with Crippen molar-refractivity contribution in [3.8, 4) is 0 Å². The number of nitrogens with zero attached hydrogens (tertiary/aromatic N) is 2. The first kappa shape index (κ1) is 25.7. The molecule has 2 aliphatic carbocycles. The molecule has 2 amide bonds. The predicted octanol–water partition coefficient (Wildman–Crippen LogP) is 7.89. The van der Waals surface area contributed by atoms with Crippen molar-refractivity contribution in [3.05, 3.63) is 67.6 Å². The van der Waals surface area contributed by atoms with Crippen LogP contribution >= 0.6 is 31.9 Å². The standard InChI is InChI=1S/C15H18BrNO.C15H16BrNO/c2*1-10-13(16)7-4-8-14(10)17-9-11-5-2-3-6-12(11)15(17)18/h4,7-8,11-12H,2-3,5-6,9H2,1H3;4,7-8H,2-3,5-6,9H2,1H3. The first-order chi connectivity index (χ1) is 17.4. The van der Waals surface area contributed by atoms with Crippen molar-refractivity contribution in [3.63, 3.8) is 0 Å². The molecule has 2 heterocycles. The van der Waals surface area contributed by atoms with Gasteiger partial charge in [-0.2, -0.15) is 0 Å². The third kappa shape index (κ3) is 4.83. The Morgan fingerprint density at radius 1 is 0.778 bits per heavy atom. The second-order valence-electron chi connectivity index (χ2n) is 10.5. The second-order valence-corrected chi connectivity index (χ2v) is 12.3. The number of carbonyl (C=O) groups is 2. The molecule has 2 aromatic rings. The van der Waals surface area contributed by atoms with Crippen LogP contribution in [0, 0.1) is 25.7 Å². The Hall–Kier alpha value is -1.92. The number of fused-ring (bicyclic) bond motifs is 1. The highest BCUT2D eigenvalue weighted by Gasteiger charge is 2.42. The van der Waals surface area contributed by atoms with Crippen molar-refractivity contribution in [2.75, 3.05) is 22.9 Å². The van der Waals surface area contributed by atoms with Crippen molar-refractivity contribution in [2.24, 2.45) is 11.8 Å². The Balaban J connectivity index is 0.000000148. The summed E-state index contributed by atoms with van der Waals surface area (Å²) in [4.78, 5) is 28.9. The monoisotopic (exact) mass is 612 g/mol. The van der Waals surface area contributed by atoms with Crippen LogP contribution in [0.5, 0.6) is 0 Å². The lowest BCUT2D eigenvalue weighted by atomic mass is 9.81. The molecule has 1 saturated carbocycles. The summed E-state index contributed by atoms with van der Waals surface area (Å²) in [6, 6.07) is 12.2. The Morgan fingerprint density at radius 2 is 1.39 bits per heavy atom. The van der Waals surface area contributed by atoms with Gasteiger partial charge in [0.1, 0.15) is 0 Å². The van der Waals surface area contributed by atoms with Crippen LogP contribution in [0.4, 0.5) is 11.4 Å². The fourth-order valence-electron chi connectivity index (χ4n) is 6.29. The summed E-state index contributed by atoms with van der Waals surface area (Å²) in [5, 5.41) is 0. The smallest absolute Gasteiger partial charge is 0.254 e. The molecule has 190 valence electrons. The van der Waals surface area contributed by atoms with Crippen LogP contribution in [-0.4, -0.2) is 24.9 Å². The Morgan fingerprint density at radius 3 is 2.03 bits per heavy atom. The van der Waals surface area contributed by atoms with Gasteiger partial charge in [0.25, 0.3) is 5.91 Å². The van der Waals surface area contributed by atoms with E-state index in [4.69, 9.17) is 0 Å². The van der Waals surface area contributed by atoms with Crippen LogP contribution in [0.3, 0.4) is 0 Å². The zero-order chi connectivity index (χ0) is 25.4. The van der Waals surface area contributed by atoms with Gasteiger partial charge < -0.3 is 9.80 Å². The Bertz CT molecular complexity index is 1170. The SMILES string of the molecule is Cc1c(Br)cccc1N1CC2=C(CCCC2)C1=O.Cc1c(Br)cccc1N1CC2CCCCC2C1=O. The molecule has 36 heavy (non-hydrogen) atoms. The van der Waals surface area contributed by atoms with E-state index in [1.807, 2.05) is 40.1 Å². The lowest BCUT2D eigenvalue weighted by molar-refractivity contribution is -0.121. The summed E-state index contributed by atoms with van der Waals surface area (Å²) >= 11 is 7.09. The van der Waals surface area contributed by atoms with Gasteiger partial charge in [-0.05, 0) is 99.3 Å². The van der Waals surface area contributed by atoms with Crippen LogP contribution in [-0.2, 0) is 9.59 Å². The predicted molar refractivity (Wildman–Crippen MR) is 153 cm³/mol. The number of rotatable bonds is 2. The Kier molecular flexibility index (Phi) is 7.73. The van der Waals surface area contributed by atoms with Crippen LogP contribution < -0.4 is 9.80 Å². The fraction of sp³-hybridized carbons (Fsp3) is 0.467. The van der Waals surface area contributed by atoms with Crippen molar-refractivity contribution < 1.29 is 9.59 Å². The number of halogens is 2. The lowest BCUT2D eigenvalue weighted by Crippen LogP contribution is -2.27. The maximum absolute atomic E-state index is 12.5. The number of benzene rings is 2. The van der Waals surface area contributed by atoms with E-state index < -0.39 is 0 Å². The van der Waals surface area contributed by atoms with Crippen molar-refractivity contribution >= 4 is 55.0 Å². The van der Waals surface area contributed by atoms with Crippen molar-refractivity contribution in [1.29, 1.82) is 0 Å². The molecule has 0 aromatic heterocycles. The maximum Gasteiger partial charge on any atom is 0.254 e. The number of anilines is 2. The molecule has 2 unspecified atom stereocenters. The number of hydrogen-bond acceptors (Lipinski definition) is 2. The molecule has 0 radical (unpaired) electrons. The van der Waals surface area contributed by atoms with Gasteiger partial charge in [0.05, 0.1) is 0 Å². The average Bonchev–Trinajstić information content (AvgIpc) is 3.40. The van der Waals surface area contributed by atoms with Gasteiger partial charge in [-0.25, -0.2) is 0 Å². The third-order valence-corrected chi connectivity index (χ3v) is 10.1. The van der Waals surface area contributed by atoms with Gasteiger partial charge in [-0.1, -0.05) is 56.8 Å². The van der Waals surface area contributed by atoms with E-state index in [0.29, 0.717) is 11.8 Å². The summed E-state index contributed by atoms with van der Waals surface area (Å²) in [5.41, 5.74) is 6.90. The molecule has 0 bridgehead atoms. The van der Waals surface area contributed by atoms with E-state index in [9.17, 15) is 9.59 Å². The van der Waals surface area contributed by atoms with Crippen LogP contribution in [0.2, 0.25) is 0 Å². The average molecular weight is 614 g/mol. The third-order valence-electron chi connectivity index (χ3n) is 8.40. The molecule has 1 saturated heterocycles. The fourth-order valence-corrected chi connectivity index (χ4v) is 7.00. The largest absolute Gasteiger partial charge is 0.312 e. The van der Waals surface area contributed by atoms with Gasteiger partial charge in [0.2, 0.25) is 5.91 Å². The zero-order valence-corrected chi connectivity index (χ0v) is 24.3. The summed E-state index contributed by atoms with van der Waals surface area (Å²) in [6.07, 6.45) is 9.29. The molecular weight excluding hydrogens is 580 g/mol. The quantitative estimate of drug-likeness (QED) is 0.346. The first-order valence-corrected chi connectivity index (χ1v) is 14.8. The molecule has 4 nitrogen and oxygen atoms in total. The highest BCUT2D eigenvalue weighted by Crippen LogP contribution is 2.41. The van der Waals surface area contributed by atoms with Gasteiger partial charge in [0.15, 0.2) is 0 Å². The molecule has 2 atom stereocenters. The van der Waals surface area contributed by atoms with Crippen LogP contribution in [0.1, 0.15) is 62.5 Å². The number of carbonyl (C=O) groups excluding carboxylic acids is 2. The molecule has 6 rings (SSSR count). The minimum absolute atomic E-state index is 0.228. The highest BCUT2D eigenvalue weighted by molar-refractivity contribution is 9.10. The summed E-state index contributed by atoms with van der Waals surface area (Å²) in [5.74, 6) is 1.45. The van der Waals surface area contributed by atoms with E-state index >= 15 is 0 Å². The minimum atomic E-state index is 0.228. The first-order valence-electron chi connectivity index (χ1n) is 13.2. The molecule has 0 N–H and O–H groups in total. The molecule has 4 aliphatic rings. The molecule has 2 aromatic carbocycles. The van der Waals surface area contributed by atoms with Crippen LogP contribution in [0.15, 0.2) is 56.5 Å². The minimum Gasteiger partial charge on any atom is -0.312 e. The molecular formula is C30H34Br2N2O2. The normalized spacial score (nSPS) is 23.4. The topological polar surface area (TPSA) is 40.6 Å². The van der Waals surface area contributed by atoms with Gasteiger partial charge in [-0.3, -0.25) is 9.59 Å². The maximum atomic E-state index is 12.5. The lowest BCUT2D eigenvalue weighted by Gasteiger charge is -2.21. The van der Waals surface area contributed by atoms with E-state index in [-0.39, 0.29) is 11.8 Å². The van der Waals surface area contributed by atoms with E-state index in [1.54, 1.807) is 0 Å². The summed E-state index contributed by atoms with van der Waals surface area (Å²) in [6.45, 7) is 5.85. The summed E-state index contributed by atoms with van der Waals surface area (Å²) < 4.78 is 2.15. The molecule has 2 aliphatic heterocycles.